The van der Waals surface area contributed by atoms with Gasteiger partial charge in [0.1, 0.15) is 11.6 Å². The summed E-state index contributed by atoms with van der Waals surface area (Å²) in [5.74, 6) is 0.777. The van der Waals surface area contributed by atoms with E-state index in [1.54, 1.807) is 0 Å². The first kappa shape index (κ1) is 14.2. The Morgan fingerprint density at radius 1 is 1.42 bits per heavy atom. The summed E-state index contributed by atoms with van der Waals surface area (Å²) in [7, 11) is 1.35. The number of anilines is 1. The molecule has 1 fully saturated rings. The van der Waals surface area contributed by atoms with Gasteiger partial charge in [-0.15, -0.1) is 0 Å². The molecule has 1 aliphatic rings. The highest BCUT2D eigenvalue weighted by Gasteiger charge is 2.27. The van der Waals surface area contributed by atoms with Gasteiger partial charge >= 0.3 is 5.97 Å². The molecule has 0 aliphatic heterocycles. The predicted molar refractivity (Wildman–Crippen MR) is 77.5 cm³/mol. The van der Waals surface area contributed by atoms with Gasteiger partial charge < -0.3 is 15.0 Å². The van der Waals surface area contributed by atoms with Crippen molar-refractivity contribution in [3.05, 3.63) is 11.5 Å². The van der Waals surface area contributed by atoms with Gasteiger partial charge in [-0.1, -0.05) is 0 Å². The second kappa shape index (κ2) is 5.86. The molecular weight excluding hydrogens is 262 g/mol. The molecular formula is C13H21N3O2S. The van der Waals surface area contributed by atoms with Gasteiger partial charge in [-0.25, -0.2) is 9.78 Å². The van der Waals surface area contributed by atoms with E-state index in [9.17, 15) is 4.79 Å². The summed E-state index contributed by atoms with van der Waals surface area (Å²) in [6, 6.07) is 0.356. The molecule has 2 N–H and O–H groups in total. The molecule has 1 aromatic rings. The summed E-state index contributed by atoms with van der Waals surface area (Å²) < 4.78 is 6.71. The number of nitrogens with zero attached hydrogens (tertiary/aromatic N) is 2. The zero-order chi connectivity index (χ0) is 14.0. The highest BCUT2D eigenvalue weighted by molar-refractivity contribution is 7.99. The third kappa shape index (κ3) is 2.73. The number of aromatic nitrogens is 2. The van der Waals surface area contributed by atoms with Crippen molar-refractivity contribution in [3.63, 3.8) is 0 Å². The summed E-state index contributed by atoms with van der Waals surface area (Å²) in [6.07, 6.45) is 6.73. The highest BCUT2D eigenvalue weighted by Crippen LogP contribution is 2.36. The van der Waals surface area contributed by atoms with Crippen LogP contribution < -0.4 is 5.73 Å². The van der Waals surface area contributed by atoms with E-state index in [2.05, 4.69) is 11.2 Å². The maximum Gasteiger partial charge on any atom is 0.360 e. The number of carbonyl (C=O) groups is 1. The Morgan fingerprint density at radius 3 is 2.58 bits per heavy atom. The van der Waals surface area contributed by atoms with E-state index in [1.165, 1.54) is 20.0 Å². The average molecular weight is 283 g/mol. The van der Waals surface area contributed by atoms with Crippen LogP contribution in [0.4, 0.5) is 5.82 Å². The highest BCUT2D eigenvalue weighted by atomic mass is 32.2. The number of carbonyl (C=O) groups excluding carboxylic acids is 1. The maximum absolute atomic E-state index is 11.6. The third-order valence-electron chi connectivity index (χ3n) is 3.85. The van der Waals surface area contributed by atoms with E-state index in [1.807, 2.05) is 23.3 Å². The summed E-state index contributed by atoms with van der Waals surface area (Å²) in [6.45, 7) is 1.89. The van der Waals surface area contributed by atoms with E-state index in [4.69, 9.17) is 10.5 Å². The summed E-state index contributed by atoms with van der Waals surface area (Å²) >= 11 is 1.93. The van der Waals surface area contributed by atoms with Crippen LogP contribution in [-0.2, 0) is 4.74 Å². The topological polar surface area (TPSA) is 70.1 Å². The quantitative estimate of drug-likeness (QED) is 0.863. The number of imidazole rings is 1. The molecule has 0 atom stereocenters. The SMILES string of the molecule is COC(=O)c1nc(C)n(C2CCC(SC)CC2)c1N. The molecule has 0 radical (unpaired) electrons. The number of thioether (sulfide) groups is 1. The number of rotatable bonds is 3. The van der Waals surface area contributed by atoms with Gasteiger partial charge in [0.15, 0.2) is 5.69 Å². The first-order chi connectivity index (χ1) is 9.08. The number of ether oxygens (including phenoxy) is 1. The van der Waals surface area contributed by atoms with Crippen molar-refractivity contribution < 1.29 is 9.53 Å². The zero-order valence-electron chi connectivity index (χ0n) is 11.7. The van der Waals surface area contributed by atoms with Gasteiger partial charge in [-0.05, 0) is 38.9 Å². The molecule has 1 heterocycles. The molecule has 0 bridgehead atoms. The number of hydrogen-bond donors (Lipinski definition) is 1. The maximum atomic E-state index is 11.6. The standard InChI is InChI=1S/C13H21N3O2S/c1-8-15-11(13(17)18-2)12(14)16(8)9-4-6-10(19-3)7-5-9/h9-10H,4-7,14H2,1-3H3. The van der Waals surface area contributed by atoms with Gasteiger partial charge in [-0.3, -0.25) is 0 Å². The molecule has 2 rings (SSSR count). The van der Waals surface area contributed by atoms with Crippen LogP contribution in [0.3, 0.4) is 0 Å². The van der Waals surface area contributed by atoms with Gasteiger partial charge in [0.2, 0.25) is 0 Å². The Hall–Kier alpha value is -1.17. The smallest absolute Gasteiger partial charge is 0.360 e. The lowest BCUT2D eigenvalue weighted by Crippen LogP contribution is -2.21. The van der Waals surface area contributed by atoms with E-state index in [-0.39, 0.29) is 5.69 Å². The van der Waals surface area contributed by atoms with Crippen LogP contribution in [0.15, 0.2) is 0 Å². The lowest BCUT2D eigenvalue weighted by Gasteiger charge is -2.29. The summed E-state index contributed by atoms with van der Waals surface area (Å²) in [5.41, 5.74) is 6.32. The van der Waals surface area contributed by atoms with Crippen LogP contribution in [-0.4, -0.2) is 34.1 Å². The molecule has 19 heavy (non-hydrogen) atoms. The van der Waals surface area contributed by atoms with Crippen LogP contribution in [0.5, 0.6) is 0 Å². The summed E-state index contributed by atoms with van der Waals surface area (Å²) in [5, 5.41) is 0.751. The molecule has 0 aromatic carbocycles. The predicted octanol–water partition coefficient (Wildman–Crippen LogP) is 2.41. The Labute approximate surface area is 117 Å². The third-order valence-corrected chi connectivity index (χ3v) is 4.98. The van der Waals surface area contributed by atoms with E-state index >= 15 is 0 Å². The molecule has 0 spiro atoms. The normalized spacial score (nSPS) is 23.3. The molecule has 1 aliphatic carbocycles. The Kier molecular flexibility index (Phi) is 4.39. The first-order valence-electron chi connectivity index (χ1n) is 6.53. The fourth-order valence-corrected chi connectivity index (χ4v) is 3.55. The van der Waals surface area contributed by atoms with Crippen molar-refractivity contribution in [3.8, 4) is 0 Å². The molecule has 1 aromatic heterocycles. The molecule has 5 nitrogen and oxygen atoms in total. The van der Waals surface area contributed by atoms with Gasteiger partial charge in [0, 0.05) is 11.3 Å². The molecule has 6 heteroatoms. The number of nitrogen functional groups attached to an aromatic ring is 1. The van der Waals surface area contributed by atoms with Gasteiger partial charge in [-0.2, -0.15) is 11.8 Å². The largest absolute Gasteiger partial charge is 0.464 e. The van der Waals surface area contributed by atoms with Crippen molar-refractivity contribution in [2.45, 2.75) is 43.9 Å². The van der Waals surface area contributed by atoms with Crippen molar-refractivity contribution in [1.29, 1.82) is 0 Å². The molecule has 0 saturated heterocycles. The minimum atomic E-state index is -0.461. The lowest BCUT2D eigenvalue weighted by atomic mass is 9.94. The Bertz CT molecular complexity index is 465. The van der Waals surface area contributed by atoms with Crippen molar-refractivity contribution >= 4 is 23.5 Å². The van der Waals surface area contributed by atoms with E-state index in [0.29, 0.717) is 11.9 Å². The number of nitrogens with two attached hydrogens (primary N) is 1. The number of aryl methyl sites for hydroxylation is 1. The molecule has 0 amide bonds. The average Bonchev–Trinajstić information content (AvgIpc) is 2.73. The first-order valence-corrected chi connectivity index (χ1v) is 7.82. The monoisotopic (exact) mass is 283 g/mol. The number of hydrogen-bond acceptors (Lipinski definition) is 5. The zero-order valence-corrected chi connectivity index (χ0v) is 12.5. The van der Waals surface area contributed by atoms with Crippen LogP contribution in [0, 0.1) is 6.92 Å². The second-order valence-electron chi connectivity index (χ2n) is 4.92. The second-order valence-corrected chi connectivity index (χ2v) is 6.06. The lowest BCUT2D eigenvalue weighted by molar-refractivity contribution is 0.0595. The number of esters is 1. The van der Waals surface area contributed by atoms with Crippen LogP contribution in [0.25, 0.3) is 0 Å². The Morgan fingerprint density at radius 2 is 2.05 bits per heavy atom. The molecule has 106 valence electrons. The van der Waals surface area contributed by atoms with Crippen LogP contribution in [0.2, 0.25) is 0 Å². The minimum absolute atomic E-state index is 0.243. The number of methoxy groups -OCH3 is 1. The molecule has 1 saturated carbocycles. The van der Waals surface area contributed by atoms with Crippen molar-refractivity contribution in [1.82, 2.24) is 9.55 Å². The van der Waals surface area contributed by atoms with Crippen LogP contribution >= 0.6 is 11.8 Å². The fraction of sp³-hybridized carbons (Fsp3) is 0.692. The van der Waals surface area contributed by atoms with E-state index < -0.39 is 5.97 Å². The van der Waals surface area contributed by atoms with Crippen molar-refractivity contribution in [2.75, 3.05) is 19.1 Å². The minimum Gasteiger partial charge on any atom is -0.464 e. The van der Waals surface area contributed by atoms with Gasteiger partial charge in [0.25, 0.3) is 0 Å². The van der Waals surface area contributed by atoms with Gasteiger partial charge in [0.05, 0.1) is 7.11 Å². The summed E-state index contributed by atoms with van der Waals surface area (Å²) in [4.78, 5) is 15.9. The molecule has 0 unspecified atom stereocenters. The van der Waals surface area contributed by atoms with E-state index in [0.717, 1.165) is 23.9 Å². The Balaban J connectivity index is 2.21. The van der Waals surface area contributed by atoms with Crippen LogP contribution in [0.1, 0.15) is 48.0 Å². The van der Waals surface area contributed by atoms with Crippen molar-refractivity contribution in [2.24, 2.45) is 0 Å². The fourth-order valence-electron chi connectivity index (χ4n) is 2.81.